The summed E-state index contributed by atoms with van der Waals surface area (Å²) in [5.41, 5.74) is 0. The normalized spacial score (nSPS) is 18.7. The maximum atomic E-state index is 13.8. The van der Waals surface area contributed by atoms with E-state index in [1.807, 2.05) is 0 Å². The van der Waals surface area contributed by atoms with Crippen LogP contribution in [-0.2, 0) is 9.53 Å². The SMILES string of the molecule is O=C(N1CCOCC1)C(F)(F)C(O)c1ccco1. The Balaban J connectivity index is 2.11. The molecule has 2 heterocycles. The lowest BCUT2D eigenvalue weighted by Gasteiger charge is -2.31. The fourth-order valence-corrected chi connectivity index (χ4v) is 1.72. The first-order valence-electron chi connectivity index (χ1n) is 5.50. The molecule has 1 aliphatic rings. The number of amides is 1. The van der Waals surface area contributed by atoms with E-state index in [1.165, 1.54) is 12.1 Å². The summed E-state index contributed by atoms with van der Waals surface area (Å²) < 4.78 is 37.3. The van der Waals surface area contributed by atoms with Gasteiger partial charge >= 0.3 is 5.92 Å². The number of rotatable bonds is 3. The molecule has 0 aromatic carbocycles. The van der Waals surface area contributed by atoms with Crippen LogP contribution < -0.4 is 0 Å². The zero-order chi connectivity index (χ0) is 13.2. The van der Waals surface area contributed by atoms with Gasteiger partial charge in [0.2, 0.25) is 0 Å². The van der Waals surface area contributed by atoms with Crippen LogP contribution in [0.5, 0.6) is 0 Å². The third kappa shape index (κ3) is 2.37. The molecule has 100 valence electrons. The number of ether oxygens (including phenoxy) is 1. The predicted molar refractivity (Wildman–Crippen MR) is 56.0 cm³/mol. The Kier molecular flexibility index (Phi) is 3.63. The van der Waals surface area contributed by atoms with Gasteiger partial charge in [-0.1, -0.05) is 0 Å². The van der Waals surface area contributed by atoms with Crippen LogP contribution in [0.4, 0.5) is 8.78 Å². The average Bonchev–Trinajstić information content (AvgIpc) is 2.91. The van der Waals surface area contributed by atoms with Gasteiger partial charge in [0.1, 0.15) is 5.76 Å². The minimum Gasteiger partial charge on any atom is -0.466 e. The number of carbonyl (C=O) groups is 1. The molecule has 1 saturated heterocycles. The van der Waals surface area contributed by atoms with Gasteiger partial charge in [-0.2, -0.15) is 8.78 Å². The van der Waals surface area contributed by atoms with Gasteiger partial charge in [-0.15, -0.1) is 0 Å². The molecule has 1 amide bonds. The summed E-state index contributed by atoms with van der Waals surface area (Å²) >= 11 is 0. The molecule has 1 fully saturated rings. The number of halogens is 2. The highest BCUT2D eigenvalue weighted by atomic mass is 19.3. The van der Waals surface area contributed by atoms with Crippen molar-refractivity contribution < 1.29 is 27.8 Å². The molecule has 5 nitrogen and oxygen atoms in total. The van der Waals surface area contributed by atoms with Crippen LogP contribution in [0.2, 0.25) is 0 Å². The highest BCUT2D eigenvalue weighted by Gasteiger charge is 2.51. The Morgan fingerprint density at radius 2 is 2.11 bits per heavy atom. The minimum absolute atomic E-state index is 0.0965. The van der Waals surface area contributed by atoms with Crippen LogP contribution in [0.3, 0.4) is 0 Å². The van der Waals surface area contributed by atoms with Crippen LogP contribution in [0.25, 0.3) is 0 Å². The fraction of sp³-hybridized carbons (Fsp3) is 0.545. The summed E-state index contributed by atoms with van der Waals surface area (Å²) in [5.74, 6) is -5.65. The topological polar surface area (TPSA) is 62.9 Å². The van der Waals surface area contributed by atoms with E-state index < -0.39 is 17.9 Å². The van der Waals surface area contributed by atoms with Crippen LogP contribution in [0.1, 0.15) is 11.9 Å². The lowest BCUT2D eigenvalue weighted by atomic mass is 10.1. The maximum Gasteiger partial charge on any atom is 0.357 e. The van der Waals surface area contributed by atoms with Crippen molar-refractivity contribution in [3.63, 3.8) is 0 Å². The van der Waals surface area contributed by atoms with E-state index in [0.717, 1.165) is 11.2 Å². The second kappa shape index (κ2) is 5.03. The lowest BCUT2D eigenvalue weighted by molar-refractivity contribution is -0.181. The maximum absolute atomic E-state index is 13.8. The third-order valence-electron chi connectivity index (χ3n) is 2.74. The molecule has 0 radical (unpaired) electrons. The van der Waals surface area contributed by atoms with Gasteiger partial charge < -0.3 is 19.2 Å². The number of carbonyl (C=O) groups excluding carboxylic acids is 1. The van der Waals surface area contributed by atoms with Crippen molar-refractivity contribution >= 4 is 5.91 Å². The second-order valence-electron chi connectivity index (χ2n) is 3.95. The van der Waals surface area contributed by atoms with Crippen LogP contribution in [-0.4, -0.2) is 48.1 Å². The molecule has 2 rings (SSSR count). The predicted octanol–water partition coefficient (Wildman–Crippen LogP) is 0.807. The Bertz CT molecular complexity index is 401. The molecule has 0 saturated carbocycles. The van der Waals surface area contributed by atoms with Gasteiger partial charge in [0, 0.05) is 13.1 Å². The molecular formula is C11H13F2NO4. The molecule has 7 heteroatoms. The van der Waals surface area contributed by atoms with Gasteiger partial charge in [0.05, 0.1) is 19.5 Å². The van der Waals surface area contributed by atoms with Crippen molar-refractivity contribution in [2.75, 3.05) is 26.3 Å². The largest absolute Gasteiger partial charge is 0.466 e. The summed E-state index contributed by atoms with van der Waals surface area (Å²) in [7, 11) is 0. The molecule has 1 unspecified atom stereocenters. The standard InChI is InChI=1S/C11H13F2NO4/c12-11(13,9(15)8-2-1-5-18-8)10(16)14-3-6-17-7-4-14/h1-2,5,9,15H,3-4,6-7H2. The number of hydrogen-bond acceptors (Lipinski definition) is 4. The Hall–Kier alpha value is -1.47. The molecule has 18 heavy (non-hydrogen) atoms. The van der Waals surface area contributed by atoms with Crippen molar-refractivity contribution in [3.8, 4) is 0 Å². The van der Waals surface area contributed by atoms with Gasteiger partial charge in [-0.05, 0) is 12.1 Å². The van der Waals surface area contributed by atoms with E-state index >= 15 is 0 Å². The van der Waals surface area contributed by atoms with Crippen molar-refractivity contribution in [3.05, 3.63) is 24.2 Å². The third-order valence-corrected chi connectivity index (χ3v) is 2.74. The molecule has 1 aliphatic heterocycles. The number of aliphatic hydroxyl groups is 1. The molecule has 0 aliphatic carbocycles. The van der Waals surface area contributed by atoms with Crippen molar-refractivity contribution in [1.29, 1.82) is 0 Å². The summed E-state index contributed by atoms with van der Waals surface area (Å²) in [4.78, 5) is 12.7. The van der Waals surface area contributed by atoms with E-state index in [2.05, 4.69) is 0 Å². The number of hydrogen-bond donors (Lipinski definition) is 1. The summed E-state index contributed by atoms with van der Waals surface area (Å²) in [6.45, 7) is 0.635. The smallest absolute Gasteiger partial charge is 0.357 e. The number of nitrogens with zero attached hydrogens (tertiary/aromatic N) is 1. The Morgan fingerprint density at radius 1 is 1.44 bits per heavy atom. The lowest BCUT2D eigenvalue weighted by Crippen LogP contribution is -2.50. The summed E-state index contributed by atoms with van der Waals surface area (Å²) in [6.07, 6.45) is -1.11. The molecule has 0 spiro atoms. The molecule has 0 bridgehead atoms. The summed E-state index contributed by atoms with van der Waals surface area (Å²) in [6, 6.07) is 2.57. The van der Waals surface area contributed by atoms with Gasteiger partial charge in [0.25, 0.3) is 5.91 Å². The van der Waals surface area contributed by atoms with E-state index in [1.54, 1.807) is 0 Å². The van der Waals surface area contributed by atoms with Gasteiger partial charge in [-0.3, -0.25) is 4.79 Å². The first kappa shape index (κ1) is 13.0. The zero-order valence-corrected chi connectivity index (χ0v) is 9.51. The fourth-order valence-electron chi connectivity index (χ4n) is 1.72. The van der Waals surface area contributed by atoms with Crippen molar-refractivity contribution in [2.24, 2.45) is 0 Å². The molecule has 1 aromatic heterocycles. The molecule has 1 atom stereocenters. The van der Waals surface area contributed by atoms with E-state index in [-0.39, 0.29) is 32.1 Å². The quantitative estimate of drug-likeness (QED) is 0.874. The van der Waals surface area contributed by atoms with Gasteiger partial charge in [-0.25, -0.2) is 0 Å². The minimum atomic E-state index is -3.91. The monoisotopic (exact) mass is 261 g/mol. The number of morpholine rings is 1. The van der Waals surface area contributed by atoms with E-state index in [0.29, 0.717) is 0 Å². The van der Waals surface area contributed by atoms with E-state index in [4.69, 9.17) is 9.15 Å². The van der Waals surface area contributed by atoms with E-state index in [9.17, 15) is 18.7 Å². The molecule has 1 N–H and O–H groups in total. The molecular weight excluding hydrogens is 248 g/mol. The highest BCUT2D eigenvalue weighted by Crippen LogP contribution is 2.33. The summed E-state index contributed by atoms with van der Waals surface area (Å²) in [5, 5.41) is 9.52. The number of aliphatic hydroxyl groups excluding tert-OH is 1. The second-order valence-corrected chi connectivity index (χ2v) is 3.95. The van der Waals surface area contributed by atoms with Gasteiger partial charge in [0.15, 0.2) is 6.10 Å². The first-order valence-corrected chi connectivity index (χ1v) is 5.50. The average molecular weight is 261 g/mol. The first-order chi connectivity index (χ1) is 8.53. The van der Waals surface area contributed by atoms with Crippen LogP contribution in [0.15, 0.2) is 22.8 Å². The highest BCUT2D eigenvalue weighted by molar-refractivity contribution is 5.84. The van der Waals surface area contributed by atoms with Crippen LogP contribution >= 0.6 is 0 Å². The van der Waals surface area contributed by atoms with Crippen molar-refractivity contribution in [1.82, 2.24) is 4.90 Å². The van der Waals surface area contributed by atoms with Crippen molar-refractivity contribution in [2.45, 2.75) is 12.0 Å². The zero-order valence-electron chi connectivity index (χ0n) is 9.51. The van der Waals surface area contributed by atoms with Crippen LogP contribution in [0, 0.1) is 0 Å². The Labute approximate surface area is 102 Å². The molecule has 1 aromatic rings. The number of furan rings is 1. The Morgan fingerprint density at radius 3 is 2.67 bits per heavy atom. The number of alkyl halides is 2.